The van der Waals surface area contributed by atoms with Crippen LogP contribution in [0.25, 0.3) is 10.4 Å². The Hall–Kier alpha value is -2.26. The Kier molecular flexibility index (Phi) is 6.67. The third-order valence-corrected chi connectivity index (χ3v) is 8.03. The molecule has 0 bridgehead atoms. The van der Waals surface area contributed by atoms with Crippen LogP contribution in [-0.2, 0) is 10.0 Å². The van der Waals surface area contributed by atoms with Crippen molar-refractivity contribution in [2.45, 2.75) is 30.8 Å². The van der Waals surface area contributed by atoms with Crippen LogP contribution in [0.2, 0.25) is 4.34 Å². The van der Waals surface area contributed by atoms with Gasteiger partial charge in [-0.15, -0.1) is 11.3 Å². The van der Waals surface area contributed by atoms with Gasteiger partial charge in [0.15, 0.2) is 0 Å². The average Bonchev–Trinajstić information content (AvgIpc) is 3.19. The third-order valence-electron chi connectivity index (χ3n) is 5.37. The van der Waals surface area contributed by atoms with Crippen molar-refractivity contribution in [2.24, 2.45) is 0 Å². The normalized spacial score (nSPS) is 19.1. The number of anilines is 2. The molecule has 2 aromatic carbocycles. The summed E-state index contributed by atoms with van der Waals surface area (Å²) < 4.78 is 35.0. The molecule has 2 unspecified atom stereocenters. The Labute approximate surface area is 198 Å². The molecule has 0 amide bonds. The number of rotatable bonds is 6. The van der Waals surface area contributed by atoms with Gasteiger partial charge in [0.1, 0.15) is 5.75 Å². The smallest absolute Gasteiger partial charge is 0.262 e. The van der Waals surface area contributed by atoms with E-state index in [0.29, 0.717) is 27.9 Å². The molecule has 2 heterocycles. The monoisotopic (exact) mass is 491 g/mol. The van der Waals surface area contributed by atoms with Crippen LogP contribution in [0.1, 0.15) is 13.8 Å². The van der Waals surface area contributed by atoms with Gasteiger partial charge in [-0.1, -0.05) is 23.7 Å². The lowest BCUT2D eigenvalue weighted by molar-refractivity contribution is 0.406. The summed E-state index contributed by atoms with van der Waals surface area (Å²) in [7, 11) is -2.26. The molecule has 9 heteroatoms. The summed E-state index contributed by atoms with van der Waals surface area (Å²) in [5.41, 5.74) is 2.29. The van der Waals surface area contributed by atoms with E-state index in [0.717, 1.165) is 29.2 Å². The summed E-state index contributed by atoms with van der Waals surface area (Å²) >= 11 is 7.46. The molecule has 0 aliphatic carbocycles. The molecule has 170 valence electrons. The summed E-state index contributed by atoms with van der Waals surface area (Å²) in [6.45, 7) is 5.97. The van der Waals surface area contributed by atoms with Crippen LogP contribution in [0, 0.1) is 0 Å². The molecule has 2 atom stereocenters. The highest BCUT2D eigenvalue weighted by atomic mass is 35.5. The van der Waals surface area contributed by atoms with Gasteiger partial charge in [0.05, 0.1) is 22.0 Å². The molecule has 32 heavy (non-hydrogen) atoms. The fourth-order valence-electron chi connectivity index (χ4n) is 3.98. The van der Waals surface area contributed by atoms with Gasteiger partial charge >= 0.3 is 0 Å². The number of hydrogen-bond donors (Lipinski definition) is 2. The fourth-order valence-corrected chi connectivity index (χ4v) is 6.09. The number of halogens is 1. The van der Waals surface area contributed by atoms with Crippen molar-refractivity contribution in [1.82, 2.24) is 5.32 Å². The van der Waals surface area contributed by atoms with Crippen molar-refractivity contribution in [3.8, 4) is 16.2 Å². The first-order valence-electron chi connectivity index (χ1n) is 10.3. The predicted molar refractivity (Wildman–Crippen MR) is 133 cm³/mol. The van der Waals surface area contributed by atoms with E-state index in [1.807, 2.05) is 24.3 Å². The summed E-state index contributed by atoms with van der Waals surface area (Å²) in [5, 5.41) is 3.51. The molecule has 1 aliphatic heterocycles. The number of thiophene rings is 1. The molecule has 3 aromatic rings. The van der Waals surface area contributed by atoms with Gasteiger partial charge in [0.25, 0.3) is 10.0 Å². The van der Waals surface area contributed by atoms with Gasteiger partial charge in [0.2, 0.25) is 0 Å². The molecule has 1 fully saturated rings. The summed E-state index contributed by atoms with van der Waals surface area (Å²) in [5.74, 6) is 0.471. The largest absolute Gasteiger partial charge is 0.495 e. The van der Waals surface area contributed by atoms with Crippen LogP contribution in [-0.4, -0.2) is 40.7 Å². The third kappa shape index (κ3) is 5.04. The molecule has 0 spiro atoms. The van der Waals surface area contributed by atoms with E-state index in [-0.39, 0.29) is 4.90 Å². The maximum absolute atomic E-state index is 13.1. The minimum absolute atomic E-state index is 0.181. The second-order valence-electron chi connectivity index (χ2n) is 7.99. The highest BCUT2D eigenvalue weighted by Crippen LogP contribution is 2.34. The summed E-state index contributed by atoms with van der Waals surface area (Å²) in [6.07, 6.45) is 0. The van der Waals surface area contributed by atoms with Crippen molar-refractivity contribution in [3.05, 3.63) is 58.9 Å². The Balaban J connectivity index is 1.59. The number of nitrogens with one attached hydrogen (secondary N) is 2. The maximum atomic E-state index is 13.1. The zero-order valence-electron chi connectivity index (χ0n) is 18.1. The lowest BCUT2D eigenvalue weighted by Gasteiger charge is -2.38. The molecule has 4 rings (SSSR count). The number of sulfonamides is 1. The lowest BCUT2D eigenvalue weighted by Crippen LogP contribution is -2.54. The fraction of sp³-hybridized carbons (Fsp3) is 0.304. The Morgan fingerprint density at radius 3 is 2.34 bits per heavy atom. The van der Waals surface area contributed by atoms with Crippen LogP contribution in [0.5, 0.6) is 5.75 Å². The van der Waals surface area contributed by atoms with E-state index in [1.54, 1.807) is 30.3 Å². The van der Waals surface area contributed by atoms with Gasteiger partial charge in [-0.3, -0.25) is 4.72 Å². The number of benzene rings is 2. The zero-order chi connectivity index (χ0) is 22.9. The lowest BCUT2D eigenvalue weighted by atomic mass is 10.1. The molecule has 1 aliphatic rings. The van der Waals surface area contributed by atoms with Crippen LogP contribution in [0.4, 0.5) is 11.4 Å². The molecular formula is C23H26ClN3O3S2. The number of nitrogens with zero attached hydrogens (tertiary/aromatic N) is 1. The van der Waals surface area contributed by atoms with Crippen LogP contribution < -0.4 is 19.7 Å². The van der Waals surface area contributed by atoms with E-state index >= 15 is 0 Å². The van der Waals surface area contributed by atoms with Gasteiger partial charge < -0.3 is 15.0 Å². The maximum Gasteiger partial charge on any atom is 0.262 e. The minimum Gasteiger partial charge on any atom is -0.495 e. The zero-order valence-corrected chi connectivity index (χ0v) is 20.5. The van der Waals surface area contributed by atoms with Gasteiger partial charge in [0, 0.05) is 35.7 Å². The first-order chi connectivity index (χ1) is 15.2. The molecule has 1 saturated heterocycles. The van der Waals surface area contributed by atoms with E-state index < -0.39 is 10.0 Å². The van der Waals surface area contributed by atoms with Crippen molar-refractivity contribution in [2.75, 3.05) is 29.8 Å². The van der Waals surface area contributed by atoms with Crippen molar-refractivity contribution >= 4 is 44.3 Å². The topological polar surface area (TPSA) is 70.7 Å². The summed E-state index contributed by atoms with van der Waals surface area (Å²) in [6, 6.07) is 16.8. The molecular weight excluding hydrogens is 466 g/mol. The quantitative estimate of drug-likeness (QED) is 0.504. The van der Waals surface area contributed by atoms with Gasteiger partial charge in [-0.2, -0.15) is 0 Å². The average molecular weight is 492 g/mol. The predicted octanol–water partition coefficient (Wildman–Crippen LogP) is 5.06. The Morgan fingerprint density at radius 1 is 1.06 bits per heavy atom. The van der Waals surface area contributed by atoms with E-state index in [4.69, 9.17) is 16.3 Å². The number of methoxy groups -OCH3 is 1. The van der Waals surface area contributed by atoms with Crippen LogP contribution >= 0.6 is 22.9 Å². The highest BCUT2D eigenvalue weighted by Gasteiger charge is 2.23. The minimum atomic E-state index is -3.79. The van der Waals surface area contributed by atoms with Crippen molar-refractivity contribution in [3.63, 3.8) is 0 Å². The van der Waals surface area contributed by atoms with E-state index in [9.17, 15) is 8.42 Å². The number of ether oxygens (including phenoxy) is 1. The van der Waals surface area contributed by atoms with Crippen molar-refractivity contribution < 1.29 is 13.2 Å². The van der Waals surface area contributed by atoms with Gasteiger partial charge in [-0.05, 0) is 61.9 Å². The second-order valence-corrected chi connectivity index (χ2v) is 11.4. The molecule has 1 aromatic heterocycles. The SMILES string of the molecule is COc1ccc(N2CC(C)NC(C)C2)cc1NS(=O)(=O)c1ccc(-c2ccc(Cl)s2)cc1. The van der Waals surface area contributed by atoms with E-state index in [1.165, 1.54) is 18.4 Å². The Bertz CT molecular complexity index is 1190. The number of hydrogen-bond acceptors (Lipinski definition) is 6. The summed E-state index contributed by atoms with van der Waals surface area (Å²) in [4.78, 5) is 3.42. The Morgan fingerprint density at radius 2 is 1.75 bits per heavy atom. The van der Waals surface area contributed by atoms with Crippen LogP contribution in [0.3, 0.4) is 0 Å². The molecule has 0 radical (unpaired) electrons. The second kappa shape index (κ2) is 9.31. The first kappa shape index (κ1) is 22.9. The first-order valence-corrected chi connectivity index (χ1v) is 13.0. The van der Waals surface area contributed by atoms with Crippen LogP contribution in [0.15, 0.2) is 59.5 Å². The molecule has 2 N–H and O–H groups in total. The molecule has 0 saturated carbocycles. The number of piperazine rings is 1. The standard InChI is InChI=1S/C23H26ClN3O3S2/c1-15-13-27(14-16(2)25-15)18-6-9-21(30-3)20(12-18)26-32(28,29)19-7-4-17(5-8-19)22-10-11-23(24)31-22/h4-12,15-16,25-26H,13-14H2,1-3H3. The highest BCUT2D eigenvalue weighted by molar-refractivity contribution is 7.92. The van der Waals surface area contributed by atoms with Crippen molar-refractivity contribution in [1.29, 1.82) is 0 Å². The molecule has 6 nitrogen and oxygen atoms in total. The van der Waals surface area contributed by atoms with Gasteiger partial charge in [-0.25, -0.2) is 8.42 Å². The van der Waals surface area contributed by atoms with E-state index in [2.05, 4.69) is 28.8 Å².